The lowest BCUT2D eigenvalue weighted by Gasteiger charge is -2.11. The van der Waals surface area contributed by atoms with E-state index in [9.17, 15) is 14.9 Å². The first kappa shape index (κ1) is 18.6. The van der Waals surface area contributed by atoms with Crippen LogP contribution in [0.1, 0.15) is 44.9 Å². The first-order chi connectivity index (χ1) is 9.57. The maximum atomic E-state index is 11.5. The molecule has 20 heavy (non-hydrogen) atoms. The quantitative estimate of drug-likeness (QED) is 0.221. The summed E-state index contributed by atoms with van der Waals surface area (Å²) in [4.78, 5) is 25.5. The predicted molar refractivity (Wildman–Crippen MR) is 73.3 cm³/mol. The standard InChI is InChI=1S/C12H25N3O5/c13-8-4-3-7-11(14)12(16)19-9-5-1-2-6-10-20-15(17)18/h11H,1-10,13-14H2. The molecule has 0 saturated heterocycles. The molecule has 0 saturated carbocycles. The van der Waals surface area contributed by atoms with Crippen molar-refractivity contribution < 1.29 is 19.5 Å². The summed E-state index contributed by atoms with van der Waals surface area (Å²) in [5.41, 5.74) is 11.0. The first-order valence-electron chi connectivity index (χ1n) is 6.97. The van der Waals surface area contributed by atoms with Crippen molar-refractivity contribution in [1.82, 2.24) is 0 Å². The monoisotopic (exact) mass is 291 g/mol. The van der Waals surface area contributed by atoms with E-state index >= 15 is 0 Å². The van der Waals surface area contributed by atoms with Crippen LogP contribution in [0.5, 0.6) is 0 Å². The molecule has 0 radical (unpaired) electrons. The highest BCUT2D eigenvalue weighted by Crippen LogP contribution is 2.03. The Morgan fingerprint density at radius 3 is 2.35 bits per heavy atom. The van der Waals surface area contributed by atoms with Crippen molar-refractivity contribution in [3.8, 4) is 0 Å². The molecule has 0 aromatic rings. The van der Waals surface area contributed by atoms with Gasteiger partial charge in [-0.15, -0.1) is 10.1 Å². The maximum Gasteiger partial charge on any atom is 0.322 e. The van der Waals surface area contributed by atoms with Gasteiger partial charge in [-0.2, -0.15) is 0 Å². The molecule has 0 amide bonds. The van der Waals surface area contributed by atoms with Gasteiger partial charge in [-0.1, -0.05) is 12.8 Å². The van der Waals surface area contributed by atoms with Crippen molar-refractivity contribution in [2.45, 2.75) is 51.0 Å². The molecule has 0 aliphatic carbocycles. The van der Waals surface area contributed by atoms with Crippen LogP contribution >= 0.6 is 0 Å². The third kappa shape index (κ3) is 11.7. The average molecular weight is 291 g/mol. The van der Waals surface area contributed by atoms with Gasteiger partial charge in [0.05, 0.1) is 13.2 Å². The fraction of sp³-hybridized carbons (Fsp3) is 0.917. The highest BCUT2D eigenvalue weighted by atomic mass is 16.9. The van der Waals surface area contributed by atoms with E-state index in [1.807, 2.05) is 0 Å². The Kier molecular flexibility index (Phi) is 11.7. The van der Waals surface area contributed by atoms with E-state index < -0.39 is 11.1 Å². The van der Waals surface area contributed by atoms with Gasteiger partial charge in [-0.3, -0.25) is 4.79 Å². The van der Waals surface area contributed by atoms with Crippen molar-refractivity contribution in [2.24, 2.45) is 11.5 Å². The summed E-state index contributed by atoms with van der Waals surface area (Å²) in [7, 11) is 0. The molecule has 8 heteroatoms. The number of carbonyl (C=O) groups excluding carboxylic acids is 1. The highest BCUT2D eigenvalue weighted by Gasteiger charge is 2.13. The summed E-state index contributed by atoms with van der Waals surface area (Å²) in [5, 5.41) is 9.08. The van der Waals surface area contributed by atoms with Crippen molar-refractivity contribution in [1.29, 1.82) is 0 Å². The van der Waals surface area contributed by atoms with E-state index in [1.54, 1.807) is 0 Å². The van der Waals surface area contributed by atoms with E-state index in [0.717, 1.165) is 32.1 Å². The Morgan fingerprint density at radius 2 is 1.75 bits per heavy atom. The van der Waals surface area contributed by atoms with E-state index in [0.29, 0.717) is 26.0 Å². The molecule has 0 aliphatic heterocycles. The lowest BCUT2D eigenvalue weighted by molar-refractivity contribution is -0.757. The van der Waals surface area contributed by atoms with Crippen LogP contribution in [0.3, 0.4) is 0 Å². The van der Waals surface area contributed by atoms with Crippen LogP contribution in [0, 0.1) is 10.1 Å². The third-order valence-corrected chi connectivity index (χ3v) is 2.75. The van der Waals surface area contributed by atoms with Gasteiger partial charge in [-0.05, 0) is 38.6 Å². The average Bonchev–Trinajstić information content (AvgIpc) is 2.41. The van der Waals surface area contributed by atoms with Crippen LogP contribution in [0.2, 0.25) is 0 Å². The number of unbranched alkanes of at least 4 members (excludes halogenated alkanes) is 4. The first-order valence-corrected chi connectivity index (χ1v) is 6.97. The number of ether oxygens (including phenoxy) is 1. The van der Waals surface area contributed by atoms with Gasteiger partial charge in [0, 0.05) is 0 Å². The van der Waals surface area contributed by atoms with E-state index in [1.165, 1.54) is 0 Å². The Bertz CT molecular complexity index is 276. The van der Waals surface area contributed by atoms with Gasteiger partial charge in [0.15, 0.2) is 0 Å². The zero-order valence-electron chi connectivity index (χ0n) is 11.8. The Hall–Kier alpha value is -1.41. The van der Waals surface area contributed by atoms with Gasteiger partial charge in [-0.25, -0.2) is 0 Å². The molecule has 0 rings (SSSR count). The number of hydrogen-bond acceptors (Lipinski definition) is 7. The van der Waals surface area contributed by atoms with E-state index in [2.05, 4.69) is 4.84 Å². The molecule has 0 spiro atoms. The van der Waals surface area contributed by atoms with E-state index in [-0.39, 0.29) is 12.6 Å². The minimum Gasteiger partial charge on any atom is -0.465 e. The van der Waals surface area contributed by atoms with Crippen LogP contribution in [-0.2, 0) is 14.4 Å². The molecule has 0 aromatic carbocycles. The van der Waals surface area contributed by atoms with Crippen molar-refractivity contribution in [2.75, 3.05) is 19.8 Å². The van der Waals surface area contributed by atoms with Gasteiger partial charge < -0.3 is 21.0 Å². The summed E-state index contributed by atoms with van der Waals surface area (Å²) in [6.07, 6.45) is 5.24. The third-order valence-electron chi connectivity index (χ3n) is 2.75. The molecule has 4 N–H and O–H groups in total. The minimum atomic E-state index is -0.798. The summed E-state index contributed by atoms with van der Waals surface area (Å²) < 4.78 is 5.04. The van der Waals surface area contributed by atoms with Gasteiger partial charge in [0.2, 0.25) is 0 Å². The Balaban J connectivity index is 3.36. The normalized spacial score (nSPS) is 11.9. The summed E-state index contributed by atoms with van der Waals surface area (Å²) in [6, 6.07) is -0.574. The van der Waals surface area contributed by atoms with Crippen molar-refractivity contribution >= 4 is 5.97 Å². The number of rotatable bonds is 13. The molecule has 0 bridgehead atoms. The molecular weight excluding hydrogens is 266 g/mol. The predicted octanol–water partition coefficient (Wildman–Crippen LogP) is 0.755. The van der Waals surface area contributed by atoms with Gasteiger partial charge in [0.25, 0.3) is 5.09 Å². The second kappa shape index (κ2) is 12.6. The molecule has 1 atom stereocenters. The number of nitrogens with zero attached hydrogens (tertiary/aromatic N) is 1. The van der Waals surface area contributed by atoms with Crippen LogP contribution < -0.4 is 11.5 Å². The largest absolute Gasteiger partial charge is 0.465 e. The lowest BCUT2D eigenvalue weighted by atomic mass is 10.1. The van der Waals surface area contributed by atoms with Crippen molar-refractivity contribution in [3.63, 3.8) is 0 Å². The van der Waals surface area contributed by atoms with E-state index in [4.69, 9.17) is 16.2 Å². The van der Waals surface area contributed by atoms with Crippen LogP contribution in [0.4, 0.5) is 0 Å². The number of esters is 1. The van der Waals surface area contributed by atoms with Gasteiger partial charge >= 0.3 is 5.97 Å². The van der Waals surface area contributed by atoms with Crippen LogP contribution in [-0.4, -0.2) is 36.9 Å². The number of hydrogen-bond donors (Lipinski definition) is 2. The summed E-state index contributed by atoms with van der Waals surface area (Å²) in [5.74, 6) is -0.376. The number of carbonyl (C=O) groups is 1. The molecule has 1 unspecified atom stereocenters. The molecular formula is C12H25N3O5. The number of nitrogens with two attached hydrogens (primary N) is 2. The molecule has 8 nitrogen and oxygen atoms in total. The second-order valence-corrected chi connectivity index (χ2v) is 4.53. The SMILES string of the molecule is NCCCCC(N)C(=O)OCCCCCCO[N+](=O)[O-]. The summed E-state index contributed by atoms with van der Waals surface area (Å²) >= 11 is 0. The molecule has 0 fully saturated rings. The molecule has 118 valence electrons. The lowest BCUT2D eigenvalue weighted by Crippen LogP contribution is -2.32. The van der Waals surface area contributed by atoms with Gasteiger partial charge in [0.1, 0.15) is 6.04 Å². The Morgan fingerprint density at radius 1 is 1.10 bits per heavy atom. The van der Waals surface area contributed by atoms with Crippen molar-refractivity contribution in [3.05, 3.63) is 10.1 Å². The maximum absolute atomic E-state index is 11.5. The fourth-order valence-electron chi connectivity index (χ4n) is 1.60. The Labute approximate surface area is 118 Å². The van der Waals surface area contributed by atoms with Crippen LogP contribution in [0.15, 0.2) is 0 Å². The zero-order valence-corrected chi connectivity index (χ0v) is 11.8. The fourth-order valence-corrected chi connectivity index (χ4v) is 1.60. The second-order valence-electron chi connectivity index (χ2n) is 4.53. The highest BCUT2D eigenvalue weighted by molar-refractivity contribution is 5.75. The molecule has 0 aromatic heterocycles. The minimum absolute atomic E-state index is 0.110. The smallest absolute Gasteiger partial charge is 0.322 e. The van der Waals surface area contributed by atoms with Crippen LogP contribution in [0.25, 0.3) is 0 Å². The topological polar surface area (TPSA) is 131 Å². The molecule has 0 aliphatic rings. The summed E-state index contributed by atoms with van der Waals surface area (Å²) in [6.45, 7) is 1.04. The molecule has 0 heterocycles. The zero-order chi connectivity index (χ0) is 15.2.